The molecule has 2 aliphatic rings. The number of benzene rings is 1. The van der Waals surface area contributed by atoms with Crippen LogP contribution in [0.15, 0.2) is 12.1 Å². The van der Waals surface area contributed by atoms with Crippen LogP contribution in [0.25, 0.3) is 0 Å². The number of halogens is 3. The van der Waals surface area contributed by atoms with E-state index in [2.05, 4.69) is 0 Å². The molecular formula is C15H17Cl2F. The summed E-state index contributed by atoms with van der Waals surface area (Å²) in [5.74, 6) is 1.86. The Morgan fingerprint density at radius 3 is 2.44 bits per heavy atom. The van der Waals surface area contributed by atoms with E-state index in [4.69, 9.17) is 23.2 Å². The molecule has 3 heteroatoms. The lowest BCUT2D eigenvalue weighted by Crippen LogP contribution is -1.99. The molecule has 1 aromatic rings. The second-order valence-electron chi connectivity index (χ2n) is 5.71. The summed E-state index contributed by atoms with van der Waals surface area (Å²) in [4.78, 5) is 0. The molecule has 0 amide bonds. The van der Waals surface area contributed by atoms with Gasteiger partial charge in [0, 0.05) is 5.02 Å². The molecule has 0 N–H and O–H groups in total. The third-order valence-electron chi connectivity index (χ3n) is 4.64. The Hall–Kier alpha value is -0.270. The SMILES string of the molecule is Cc1cc(C(Cl)C2C3CCCCC32)c(Cl)cc1F. The summed E-state index contributed by atoms with van der Waals surface area (Å²) in [6, 6.07) is 3.22. The Morgan fingerprint density at radius 1 is 1.22 bits per heavy atom. The molecule has 0 saturated heterocycles. The largest absolute Gasteiger partial charge is 0.207 e. The zero-order valence-corrected chi connectivity index (χ0v) is 11.9. The number of hydrogen-bond acceptors (Lipinski definition) is 0. The molecule has 0 nitrogen and oxygen atoms in total. The quantitative estimate of drug-likeness (QED) is 0.630. The molecule has 1 aromatic carbocycles. The highest BCUT2D eigenvalue weighted by Gasteiger charge is 2.54. The van der Waals surface area contributed by atoms with Gasteiger partial charge in [0.05, 0.1) is 5.38 Å². The van der Waals surface area contributed by atoms with Gasteiger partial charge in [-0.25, -0.2) is 4.39 Å². The highest BCUT2D eigenvalue weighted by atomic mass is 35.5. The minimum Gasteiger partial charge on any atom is -0.207 e. The molecule has 0 aliphatic heterocycles. The maximum Gasteiger partial charge on any atom is 0.127 e. The van der Waals surface area contributed by atoms with Crippen LogP contribution in [0.1, 0.15) is 42.2 Å². The van der Waals surface area contributed by atoms with Crippen LogP contribution in [-0.2, 0) is 0 Å². The van der Waals surface area contributed by atoms with Crippen LogP contribution in [0.5, 0.6) is 0 Å². The summed E-state index contributed by atoms with van der Waals surface area (Å²) in [7, 11) is 0. The molecule has 2 fully saturated rings. The smallest absolute Gasteiger partial charge is 0.127 e. The second-order valence-corrected chi connectivity index (χ2v) is 6.59. The van der Waals surface area contributed by atoms with E-state index in [1.54, 1.807) is 6.92 Å². The predicted octanol–water partition coefficient (Wildman–Crippen LogP) is 5.50. The fraction of sp³-hybridized carbons (Fsp3) is 0.600. The van der Waals surface area contributed by atoms with Crippen molar-refractivity contribution in [2.75, 3.05) is 0 Å². The molecule has 3 unspecified atom stereocenters. The van der Waals surface area contributed by atoms with Gasteiger partial charge in [-0.1, -0.05) is 30.5 Å². The summed E-state index contributed by atoms with van der Waals surface area (Å²) in [6.45, 7) is 1.76. The van der Waals surface area contributed by atoms with Crippen molar-refractivity contribution in [1.82, 2.24) is 0 Å². The molecule has 3 atom stereocenters. The summed E-state index contributed by atoms with van der Waals surface area (Å²) < 4.78 is 13.4. The van der Waals surface area contributed by atoms with E-state index in [0.717, 1.165) is 17.4 Å². The summed E-state index contributed by atoms with van der Waals surface area (Å²) in [5, 5.41) is 0.423. The van der Waals surface area contributed by atoms with Gasteiger partial charge in [0.25, 0.3) is 0 Å². The van der Waals surface area contributed by atoms with Crippen molar-refractivity contribution in [2.24, 2.45) is 17.8 Å². The Balaban J connectivity index is 1.85. The van der Waals surface area contributed by atoms with E-state index in [1.165, 1.54) is 31.7 Å². The normalized spacial score (nSPS) is 31.9. The van der Waals surface area contributed by atoms with E-state index in [-0.39, 0.29) is 11.2 Å². The van der Waals surface area contributed by atoms with E-state index in [1.807, 2.05) is 6.07 Å². The fourth-order valence-corrected chi connectivity index (χ4v) is 4.46. The van der Waals surface area contributed by atoms with Crippen molar-refractivity contribution < 1.29 is 4.39 Å². The number of aryl methyl sites for hydroxylation is 1. The van der Waals surface area contributed by atoms with E-state index < -0.39 is 0 Å². The molecule has 2 aliphatic carbocycles. The lowest BCUT2D eigenvalue weighted by Gasteiger charge is -2.13. The first-order valence-corrected chi connectivity index (χ1v) is 7.50. The van der Waals surface area contributed by atoms with Crippen molar-refractivity contribution in [3.63, 3.8) is 0 Å². The lowest BCUT2D eigenvalue weighted by molar-refractivity contribution is 0.480. The molecule has 98 valence electrons. The Kier molecular flexibility index (Phi) is 3.32. The van der Waals surface area contributed by atoms with Gasteiger partial charge in [-0.3, -0.25) is 0 Å². The standard InChI is InChI=1S/C15H17Cl2F/c1-8-6-11(12(16)7-13(8)18)15(17)14-9-4-2-3-5-10(9)14/h6-7,9-10,14-15H,2-5H2,1H3. The van der Waals surface area contributed by atoms with Crippen LogP contribution in [-0.4, -0.2) is 0 Å². The third kappa shape index (κ3) is 2.06. The van der Waals surface area contributed by atoms with Gasteiger partial charge in [0.2, 0.25) is 0 Å². The summed E-state index contributed by atoms with van der Waals surface area (Å²) >= 11 is 12.7. The van der Waals surface area contributed by atoms with Crippen LogP contribution >= 0.6 is 23.2 Å². The van der Waals surface area contributed by atoms with Crippen LogP contribution in [0.3, 0.4) is 0 Å². The third-order valence-corrected chi connectivity index (χ3v) is 5.49. The average Bonchev–Trinajstić information content (AvgIpc) is 3.07. The molecule has 2 saturated carbocycles. The van der Waals surface area contributed by atoms with Gasteiger partial charge in [-0.05, 0) is 54.7 Å². The summed E-state index contributed by atoms with van der Waals surface area (Å²) in [6.07, 6.45) is 5.27. The molecule has 0 radical (unpaired) electrons. The van der Waals surface area contributed by atoms with Crippen molar-refractivity contribution in [2.45, 2.75) is 38.0 Å². The van der Waals surface area contributed by atoms with Crippen molar-refractivity contribution in [3.8, 4) is 0 Å². The molecular weight excluding hydrogens is 270 g/mol. The first-order valence-electron chi connectivity index (χ1n) is 6.69. The van der Waals surface area contributed by atoms with E-state index in [0.29, 0.717) is 16.5 Å². The predicted molar refractivity (Wildman–Crippen MR) is 73.7 cm³/mol. The van der Waals surface area contributed by atoms with Gasteiger partial charge in [0.15, 0.2) is 0 Å². The maximum absolute atomic E-state index is 13.4. The van der Waals surface area contributed by atoms with Gasteiger partial charge >= 0.3 is 0 Å². The van der Waals surface area contributed by atoms with Gasteiger partial charge < -0.3 is 0 Å². The van der Waals surface area contributed by atoms with Crippen LogP contribution < -0.4 is 0 Å². The first kappa shape index (κ1) is 12.7. The minimum atomic E-state index is -0.249. The number of hydrogen-bond donors (Lipinski definition) is 0. The fourth-order valence-electron chi connectivity index (χ4n) is 3.58. The Bertz CT molecular complexity index is 460. The van der Waals surface area contributed by atoms with Crippen molar-refractivity contribution in [3.05, 3.63) is 34.1 Å². The zero-order valence-electron chi connectivity index (χ0n) is 10.4. The number of alkyl halides is 1. The first-order chi connectivity index (χ1) is 8.59. The minimum absolute atomic E-state index is 0.0510. The van der Waals surface area contributed by atoms with Crippen LogP contribution in [0.2, 0.25) is 5.02 Å². The zero-order chi connectivity index (χ0) is 12.9. The van der Waals surface area contributed by atoms with E-state index in [9.17, 15) is 4.39 Å². The Morgan fingerprint density at radius 2 is 1.83 bits per heavy atom. The van der Waals surface area contributed by atoms with Gasteiger partial charge in [0.1, 0.15) is 5.82 Å². The monoisotopic (exact) mass is 286 g/mol. The van der Waals surface area contributed by atoms with Crippen molar-refractivity contribution in [1.29, 1.82) is 0 Å². The number of rotatable bonds is 2. The molecule has 3 rings (SSSR count). The molecule has 0 aromatic heterocycles. The molecule has 0 bridgehead atoms. The maximum atomic E-state index is 13.4. The van der Waals surface area contributed by atoms with Crippen LogP contribution in [0, 0.1) is 30.5 Å². The van der Waals surface area contributed by atoms with Gasteiger partial charge in [-0.15, -0.1) is 11.6 Å². The van der Waals surface area contributed by atoms with Crippen LogP contribution in [0.4, 0.5) is 4.39 Å². The highest BCUT2D eigenvalue weighted by molar-refractivity contribution is 6.32. The van der Waals surface area contributed by atoms with Gasteiger partial charge in [-0.2, -0.15) is 0 Å². The second kappa shape index (κ2) is 4.68. The van der Waals surface area contributed by atoms with Crippen molar-refractivity contribution >= 4 is 23.2 Å². The lowest BCUT2D eigenvalue weighted by atomic mass is 10.0. The molecule has 0 heterocycles. The Labute approximate surface area is 117 Å². The molecule has 0 spiro atoms. The summed E-state index contributed by atoms with van der Waals surface area (Å²) in [5.41, 5.74) is 1.54. The number of fused-ring (bicyclic) bond motifs is 1. The molecule has 18 heavy (non-hydrogen) atoms. The highest BCUT2D eigenvalue weighted by Crippen LogP contribution is 2.62. The van der Waals surface area contributed by atoms with E-state index >= 15 is 0 Å². The average molecular weight is 287 g/mol. The topological polar surface area (TPSA) is 0 Å².